The lowest BCUT2D eigenvalue weighted by molar-refractivity contribution is -0.140. The molecule has 2 aromatic rings. The maximum absolute atomic E-state index is 13.0. The Morgan fingerprint density at radius 2 is 1.94 bits per heavy atom. The summed E-state index contributed by atoms with van der Waals surface area (Å²) in [6, 6.07) is 9.56. The van der Waals surface area contributed by atoms with Gasteiger partial charge >= 0.3 is 0 Å². The van der Waals surface area contributed by atoms with Crippen LogP contribution in [0, 0.1) is 0 Å². The second-order valence-corrected chi connectivity index (χ2v) is 7.41. The molecule has 1 amide bonds. The number of aliphatic hydroxyl groups is 1. The number of carbonyl (C=O) groups is 2. The second kappa shape index (κ2) is 10.3. The molecule has 1 aliphatic heterocycles. The normalized spacial score (nSPS) is 18.2. The van der Waals surface area contributed by atoms with Gasteiger partial charge in [-0.15, -0.1) is 0 Å². The maximum atomic E-state index is 13.0. The molecule has 1 fully saturated rings. The van der Waals surface area contributed by atoms with E-state index in [4.69, 9.17) is 9.15 Å². The molecule has 0 spiro atoms. The van der Waals surface area contributed by atoms with Crippen molar-refractivity contribution in [2.45, 2.75) is 33.2 Å². The van der Waals surface area contributed by atoms with E-state index in [0.717, 1.165) is 19.5 Å². The SMILES string of the molecule is CCCOc1cccc(C(O)=C2C(=O)C(=O)N(CCN(CC)CC)C2c2ccco2)c1. The summed E-state index contributed by atoms with van der Waals surface area (Å²) in [6.07, 6.45) is 2.35. The Kier molecular flexibility index (Phi) is 7.52. The van der Waals surface area contributed by atoms with E-state index in [2.05, 4.69) is 18.7 Å². The predicted octanol–water partition coefficient (Wildman–Crippen LogP) is 3.83. The first-order valence-corrected chi connectivity index (χ1v) is 10.8. The van der Waals surface area contributed by atoms with Crippen molar-refractivity contribution >= 4 is 17.4 Å². The van der Waals surface area contributed by atoms with Crippen molar-refractivity contribution in [3.63, 3.8) is 0 Å². The van der Waals surface area contributed by atoms with Gasteiger partial charge < -0.3 is 24.1 Å². The molecule has 2 heterocycles. The Morgan fingerprint density at radius 1 is 1.16 bits per heavy atom. The van der Waals surface area contributed by atoms with Crippen molar-refractivity contribution in [2.24, 2.45) is 0 Å². The molecule has 1 aliphatic rings. The van der Waals surface area contributed by atoms with Gasteiger partial charge in [0.2, 0.25) is 0 Å². The first-order valence-electron chi connectivity index (χ1n) is 10.8. The number of furan rings is 1. The van der Waals surface area contributed by atoms with Gasteiger partial charge in [0.1, 0.15) is 23.3 Å². The van der Waals surface area contributed by atoms with Gasteiger partial charge in [-0.05, 0) is 43.8 Å². The number of nitrogens with zero attached hydrogens (tertiary/aromatic N) is 2. The number of ether oxygens (including phenoxy) is 1. The number of hydrogen-bond acceptors (Lipinski definition) is 6. The summed E-state index contributed by atoms with van der Waals surface area (Å²) in [6.45, 7) is 9.32. The molecule has 0 bridgehead atoms. The summed E-state index contributed by atoms with van der Waals surface area (Å²) < 4.78 is 11.2. The summed E-state index contributed by atoms with van der Waals surface area (Å²) in [5.74, 6) is -0.534. The highest BCUT2D eigenvalue weighted by atomic mass is 16.5. The van der Waals surface area contributed by atoms with Gasteiger partial charge in [0.15, 0.2) is 0 Å². The smallest absolute Gasteiger partial charge is 0.295 e. The van der Waals surface area contributed by atoms with Crippen LogP contribution in [0.15, 0.2) is 52.7 Å². The quantitative estimate of drug-likeness (QED) is 0.353. The summed E-state index contributed by atoms with van der Waals surface area (Å²) in [7, 11) is 0. The van der Waals surface area contributed by atoms with Crippen LogP contribution >= 0.6 is 0 Å². The van der Waals surface area contributed by atoms with Crippen molar-refractivity contribution in [3.8, 4) is 5.75 Å². The minimum atomic E-state index is -0.772. The van der Waals surface area contributed by atoms with Crippen molar-refractivity contribution < 1.29 is 23.8 Å². The molecule has 1 aromatic carbocycles. The fourth-order valence-electron chi connectivity index (χ4n) is 3.75. The third-order valence-corrected chi connectivity index (χ3v) is 5.48. The Hall–Kier alpha value is -3.06. The van der Waals surface area contributed by atoms with E-state index in [9.17, 15) is 14.7 Å². The lowest BCUT2D eigenvalue weighted by atomic mass is 9.99. The lowest BCUT2D eigenvalue weighted by Crippen LogP contribution is -2.37. The number of Topliss-reactive ketones (excluding diaryl/α,β-unsaturated/α-hetero) is 1. The second-order valence-electron chi connectivity index (χ2n) is 7.41. The molecule has 0 saturated carbocycles. The average Bonchev–Trinajstić information content (AvgIpc) is 3.40. The summed E-state index contributed by atoms with van der Waals surface area (Å²) in [5, 5.41) is 11.1. The van der Waals surface area contributed by atoms with E-state index in [-0.39, 0.29) is 11.3 Å². The zero-order chi connectivity index (χ0) is 22.4. The van der Waals surface area contributed by atoms with Gasteiger partial charge in [-0.25, -0.2) is 0 Å². The van der Waals surface area contributed by atoms with Crippen LogP contribution in [-0.4, -0.2) is 59.4 Å². The number of likely N-dealkylation sites (tertiary alicyclic amines) is 1. The van der Waals surface area contributed by atoms with E-state index in [1.54, 1.807) is 36.4 Å². The molecule has 0 radical (unpaired) electrons. The zero-order valence-electron chi connectivity index (χ0n) is 18.3. The van der Waals surface area contributed by atoms with Gasteiger partial charge in [0, 0.05) is 18.7 Å². The number of aliphatic hydroxyl groups excluding tert-OH is 1. The minimum absolute atomic E-state index is 0.0344. The highest BCUT2D eigenvalue weighted by molar-refractivity contribution is 6.46. The number of hydrogen-bond donors (Lipinski definition) is 1. The molecular weight excluding hydrogens is 396 g/mol. The van der Waals surface area contributed by atoms with Crippen molar-refractivity contribution in [1.82, 2.24) is 9.80 Å². The van der Waals surface area contributed by atoms with Crippen LogP contribution in [0.2, 0.25) is 0 Å². The number of ketones is 1. The van der Waals surface area contributed by atoms with E-state index < -0.39 is 17.7 Å². The standard InChI is InChI=1S/C24H30N2O5/c1-4-14-30-18-10-7-9-17(16-18)22(27)20-21(19-11-8-15-31-19)26(24(29)23(20)28)13-12-25(5-2)6-3/h7-11,15-16,21,27H,4-6,12-14H2,1-3H3. The molecule has 7 nitrogen and oxygen atoms in total. The zero-order valence-corrected chi connectivity index (χ0v) is 18.3. The highest BCUT2D eigenvalue weighted by Gasteiger charge is 2.47. The number of likely N-dealkylation sites (N-methyl/N-ethyl adjacent to an activating group) is 1. The fraction of sp³-hybridized carbons (Fsp3) is 0.417. The summed E-state index contributed by atoms with van der Waals surface area (Å²) >= 11 is 0. The minimum Gasteiger partial charge on any atom is -0.507 e. The summed E-state index contributed by atoms with van der Waals surface area (Å²) in [4.78, 5) is 29.5. The van der Waals surface area contributed by atoms with Crippen molar-refractivity contribution in [3.05, 3.63) is 59.6 Å². The lowest BCUT2D eigenvalue weighted by Gasteiger charge is -2.26. The highest BCUT2D eigenvalue weighted by Crippen LogP contribution is 2.39. The first-order chi connectivity index (χ1) is 15.0. The Bertz CT molecular complexity index is 931. The molecule has 3 rings (SSSR count). The molecule has 0 aliphatic carbocycles. The Balaban J connectivity index is 2.01. The molecular formula is C24H30N2O5. The van der Waals surface area contributed by atoms with E-state index in [1.165, 1.54) is 11.2 Å². The van der Waals surface area contributed by atoms with Gasteiger partial charge in [0.05, 0.1) is 18.4 Å². The maximum Gasteiger partial charge on any atom is 0.295 e. The molecule has 7 heteroatoms. The van der Waals surface area contributed by atoms with E-state index >= 15 is 0 Å². The largest absolute Gasteiger partial charge is 0.507 e. The molecule has 1 N–H and O–H groups in total. The fourth-order valence-corrected chi connectivity index (χ4v) is 3.75. The van der Waals surface area contributed by atoms with Crippen LogP contribution in [0.3, 0.4) is 0 Å². The van der Waals surface area contributed by atoms with Crippen LogP contribution in [0.4, 0.5) is 0 Å². The van der Waals surface area contributed by atoms with Gasteiger partial charge in [-0.1, -0.05) is 32.9 Å². The predicted molar refractivity (Wildman–Crippen MR) is 118 cm³/mol. The monoisotopic (exact) mass is 426 g/mol. The number of amides is 1. The summed E-state index contributed by atoms with van der Waals surface area (Å²) in [5.41, 5.74) is 0.457. The van der Waals surface area contributed by atoms with E-state index in [1.807, 2.05) is 6.92 Å². The van der Waals surface area contributed by atoms with Gasteiger partial charge in [0.25, 0.3) is 11.7 Å². The van der Waals surface area contributed by atoms with Crippen LogP contribution < -0.4 is 4.74 Å². The molecule has 1 unspecified atom stereocenters. The van der Waals surface area contributed by atoms with Crippen LogP contribution in [0.5, 0.6) is 5.75 Å². The average molecular weight is 427 g/mol. The molecule has 166 valence electrons. The Labute approximate surface area is 182 Å². The molecule has 1 saturated heterocycles. The van der Waals surface area contributed by atoms with E-state index in [0.29, 0.717) is 36.8 Å². The topological polar surface area (TPSA) is 83.2 Å². The number of benzene rings is 1. The molecule has 31 heavy (non-hydrogen) atoms. The van der Waals surface area contributed by atoms with Gasteiger partial charge in [-0.2, -0.15) is 0 Å². The van der Waals surface area contributed by atoms with Crippen LogP contribution in [-0.2, 0) is 9.59 Å². The number of rotatable bonds is 10. The van der Waals surface area contributed by atoms with Crippen LogP contribution in [0.1, 0.15) is 44.6 Å². The number of carbonyl (C=O) groups excluding carboxylic acids is 2. The van der Waals surface area contributed by atoms with Crippen molar-refractivity contribution in [2.75, 3.05) is 32.8 Å². The van der Waals surface area contributed by atoms with Gasteiger partial charge in [-0.3, -0.25) is 9.59 Å². The third-order valence-electron chi connectivity index (χ3n) is 5.48. The first kappa shape index (κ1) is 22.6. The Morgan fingerprint density at radius 3 is 2.58 bits per heavy atom. The van der Waals surface area contributed by atoms with Crippen LogP contribution in [0.25, 0.3) is 5.76 Å². The third kappa shape index (κ3) is 4.82. The van der Waals surface area contributed by atoms with Crippen molar-refractivity contribution in [1.29, 1.82) is 0 Å². The molecule has 1 atom stereocenters. The molecule has 1 aromatic heterocycles.